The van der Waals surface area contributed by atoms with Gasteiger partial charge in [0.2, 0.25) is 5.79 Å². The third kappa shape index (κ3) is 8.78. The molecule has 7 rings (SSSR count). The van der Waals surface area contributed by atoms with E-state index in [1.54, 1.807) is 24.3 Å². The Balaban J connectivity index is 1.44. The summed E-state index contributed by atoms with van der Waals surface area (Å²) in [7, 11) is 0. The van der Waals surface area contributed by atoms with Gasteiger partial charge in [0.05, 0.1) is 18.2 Å². The number of allylic oxidation sites excluding steroid dienone is 1. The molecular weight excluding hydrogens is 757 g/mol. The summed E-state index contributed by atoms with van der Waals surface area (Å²) < 4.78 is 20.9. The molecule has 0 bridgehead atoms. The Kier molecular flexibility index (Phi) is 14.2. The molecule has 1 saturated carbocycles. The zero-order valence-electron chi connectivity index (χ0n) is 34.8. The summed E-state index contributed by atoms with van der Waals surface area (Å²) in [5, 5.41) is 26.7. The van der Waals surface area contributed by atoms with Crippen molar-refractivity contribution in [1.29, 1.82) is 0 Å². The smallest absolute Gasteiger partial charge is 0.254 e. The Labute approximate surface area is 353 Å². The second-order valence-electron chi connectivity index (χ2n) is 16.0. The number of benzene rings is 4. The van der Waals surface area contributed by atoms with E-state index < -0.39 is 17.7 Å². The van der Waals surface area contributed by atoms with Gasteiger partial charge < -0.3 is 34.2 Å². The molecule has 1 fully saturated rings. The van der Waals surface area contributed by atoms with Gasteiger partial charge >= 0.3 is 0 Å². The van der Waals surface area contributed by atoms with Crippen LogP contribution in [0.1, 0.15) is 97.4 Å². The number of rotatable bonds is 20. The van der Waals surface area contributed by atoms with Gasteiger partial charge in [-0.25, -0.2) is 0 Å². The van der Waals surface area contributed by atoms with E-state index in [1.807, 2.05) is 78.6 Å². The van der Waals surface area contributed by atoms with Crippen LogP contribution in [0.3, 0.4) is 0 Å². The Morgan fingerprint density at radius 2 is 1.72 bits per heavy atom. The van der Waals surface area contributed by atoms with Crippen molar-refractivity contribution in [2.24, 2.45) is 22.9 Å². The minimum Gasteiger partial charge on any atom is -0.459 e. The van der Waals surface area contributed by atoms with Gasteiger partial charge in [0.25, 0.3) is 5.91 Å². The van der Waals surface area contributed by atoms with Gasteiger partial charge in [0, 0.05) is 48.8 Å². The molecule has 1 amide bonds. The molecule has 10 heteroatoms. The van der Waals surface area contributed by atoms with Crippen LogP contribution in [0.2, 0.25) is 0 Å². The SMILES string of the molecule is C=CCOC12Oc3ccc(Oc4cccc(C=O)c4)cc3C3C(CCCCO)C(CCCCO)C=C(C(=NOCC)CC1N(CCC)C(=O)c1ccc4ccccc4c1)C32. The van der Waals surface area contributed by atoms with Crippen LogP contribution in [-0.4, -0.2) is 77.8 Å². The Hall–Kier alpha value is -5.29. The molecule has 0 aromatic heterocycles. The zero-order chi connectivity index (χ0) is 42.1. The summed E-state index contributed by atoms with van der Waals surface area (Å²) in [5.74, 6) is -0.190. The number of aliphatic hydroxyl groups excluding tert-OH is 2. The predicted octanol–water partition coefficient (Wildman–Crippen LogP) is 9.65. The molecule has 1 heterocycles. The molecule has 0 spiro atoms. The van der Waals surface area contributed by atoms with Crippen molar-refractivity contribution in [3.63, 3.8) is 0 Å². The maximum absolute atomic E-state index is 15.1. The molecule has 2 N–H and O–H groups in total. The summed E-state index contributed by atoms with van der Waals surface area (Å²) in [6.45, 7) is 9.23. The molecule has 3 aliphatic rings. The highest BCUT2D eigenvalue weighted by Gasteiger charge is 2.65. The van der Waals surface area contributed by atoms with Crippen molar-refractivity contribution in [2.45, 2.75) is 83.0 Å². The first-order valence-corrected chi connectivity index (χ1v) is 21.6. The number of hydrogen-bond acceptors (Lipinski definition) is 9. The maximum atomic E-state index is 15.1. The molecule has 6 atom stereocenters. The van der Waals surface area contributed by atoms with Crippen LogP contribution < -0.4 is 9.47 Å². The Morgan fingerprint density at radius 3 is 2.47 bits per heavy atom. The Bertz CT molecular complexity index is 2200. The second-order valence-corrected chi connectivity index (χ2v) is 16.0. The van der Waals surface area contributed by atoms with Gasteiger partial charge in [0.15, 0.2) is 0 Å². The lowest BCUT2D eigenvalue weighted by molar-refractivity contribution is -0.254. The third-order valence-corrected chi connectivity index (χ3v) is 12.3. The average molecular weight is 815 g/mol. The maximum Gasteiger partial charge on any atom is 0.254 e. The number of unbranched alkanes of at least 4 members (excludes halogenated alkanes) is 2. The van der Waals surface area contributed by atoms with E-state index >= 15 is 4.79 Å². The summed E-state index contributed by atoms with van der Waals surface area (Å²) in [6.07, 6.45) is 10.5. The molecule has 1 aliphatic heterocycles. The number of carbonyl (C=O) groups is 2. The van der Waals surface area contributed by atoms with Crippen molar-refractivity contribution >= 4 is 28.7 Å². The third-order valence-electron chi connectivity index (χ3n) is 12.3. The summed E-state index contributed by atoms with van der Waals surface area (Å²) in [4.78, 5) is 34.6. The zero-order valence-corrected chi connectivity index (χ0v) is 34.8. The molecule has 10 nitrogen and oxygen atoms in total. The van der Waals surface area contributed by atoms with Gasteiger partial charge in [-0.3, -0.25) is 9.59 Å². The van der Waals surface area contributed by atoms with Crippen molar-refractivity contribution in [2.75, 3.05) is 33.0 Å². The van der Waals surface area contributed by atoms with Gasteiger partial charge in [0.1, 0.15) is 36.2 Å². The highest BCUT2D eigenvalue weighted by Crippen LogP contribution is 2.62. The standard InChI is InChI=1S/C50H58N2O8/c1-4-24-52(49(56)38-21-20-35-15-7-8-16-36(35)29-38)46-32-44(51-58-6-3)42-30-37(17-9-11-25-53)41(19-10-12-26-54)47-43-31-40(59-39-18-13-14-34(28-39)33-55)22-23-45(43)60-50(46,48(42)47)57-27-5-2/h5,7-8,13-16,18,20-23,28-31,33,37,41,46-48,53-54H,2,4,6,9-12,17,19,24-27,32H2,1,3H3. The molecule has 4 aromatic rings. The quantitative estimate of drug-likeness (QED) is 0.0391. The largest absolute Gasteiger partial charge is 0.459 e. The normalized spacial score (nSPS) is 23.5. The molecule has 2 aliphatic carbocycles. The number of aldehydes is 1. The molecule has 0 radical (unpaired) electrons. The highest BCUT2D eigenvalue weighted by atomic mass is 16.7. The number of amides is 1. The topological polar surface area (TPSA) is 127 Å². The molecule has 4 aromatic carbocycles. The summed E-state index contributed by atoms with van der Waals surface area (Å²) in [5.41, 5.74) is 3.78. The number of hydrogen-bond donors (Lipinski definition) is 2. The van der Waals surface area contributed by atoms with E-state index in [1.165, 1.54) is 0 Å². The minimum atomic E-state index is -1.36. The van der Waals surface area contributed by atoms with E-state index in [2.05, 4.69) is 19.6 Å². The lowest BCUT2D eigenvalue weighted by atomic mass is 9.55. The first-order valence-electron chi connectivity index (χ1n) is 21.6. The van der Waals surface area contributed by atoms with E-state index in [0.29, 0.717) is 67.2 Å². The molecular formula is C50H58N2O8. The Morgan fingerprint density at radius 1 is 0.933 bits per heavy atom. The molecule has 316 valence electrons. The number of fused-ring (bicyclic) bond motifs is 3. The number of oxime groups is 1. The first kappa shape index (κ1) is 42.8. The van der Waals surface area contributed by atoms with Crippen molar-refractivity contribution < 1.29 is 38.9 Å². The van der Waals surface area contributed by atoms with Crippen LogP contribution in [0, 0.1) is 17.8 Å². The van der Waals surface area contributed by atoms with E-state index in [-0.39, 0.29) is 43.5 Å². The van der Waals surface area contributed by atoms with Crippen LogP contribution in [0.15, 0.2) is 114 Å². The predicted molar refractivity (Wildman–Crippen MR) is 234 cm³/mol. The van der Waals surface area contributed by atoms with Crippen LogP contribution in [0.4, 0.5) is 0 Å². The molecule has 6 unspecified atom stereocenters. The second kappa shape index (κ2) is 19.8. The summed E-state index contributed by atoms with van der Waals surface area (Å²) in [6, 6.07) is 26.2. The van der Waals surface area contributed by atoms with Crippen molar-refractivity contribution in [3.05, 3.63) is 126 Å². The van der Waals surface area contributed by atoms with Crippen molar-refractivity contribution in [1.82, 2.24) is 4.90 Å². The first-order chi connectivity index (χ1) is 29.4. The fourth-order valence-electron chi connectivity index (χ4n) is 9.77. The van der Waals surface area contributed by atoms with E-state index in [4.69, 9.17) is 24.2 Å². The monoisotopic (exact) mass is 814 g/mol. The average Bonchev–Trinajstić information content (AvgIpc) is 3.27. The minimum absolute atomic E-state index is 0.0647. The van der Waals surface area contributed by atoms with Gasteiger partial charge in [-0.05, 0) is 110 Å². The number of aliphatic hydroxyl groups is 2. The van der Waals surface area contributed by atoms with Crippen LogP contribution in [0.25, 0.3) is 10.8 Å². The number of ether oxygens (including phenoxy) is 3. The van der Waals surface area contributed by atoms with Crippen LogP contribution in [0.5, 0.6) is 17.2 Å². The fourth-order valence-corrected chi connectivity index (χ4v) is 9.77. The van der Waals surface area contributed by atoms with Gasteiger partial charge in [-0.15, -0.1) is 6.58 Å². The lowest BCUT2D eigenvalue weighted by Crippen LogP contribution is -2.70. The highest BCUT2D eigenvalue weighted by molar-refractivity contribution is 6.04. The molecule has 60 heavy (non-hydrogen) atoms. The van der Waals surface area contributed by atoms with Crippen molar-refractivity contribution in [3.8, 4) is 17.2 Å². The number of carbonyl (C=O) groups excluding carboxylic acids is 2. The lowest BCUT2D eigenvalue weighted by Gasteiger charge is -2.60. The van der Waals surface area contributed by atoms with Gasteiger partial charge in [-0.1, -0.05) is 79.5 Å². The van der Waals surface area contributed by atoms with Crippen LogP contribution in [-0.2, 0) is 9.57 Å². The van der Waals surface area contributed by atoms with Crippen LogP contribution >= 0.6 is 0 Å². The summed E-state index contributed by atoms with van der Waals surface area (Å²) >= 11 is 0. The number of nitrogens with zero attached hydrogens (tertiary/aromatic N) is 2. The fraction of sp³-hybridized carbons (Fsp3) is 0.420. The van der Waals surface area contributed by atoms with Gasteiger partial charge in [-0.2, -0.15) is 0 Å². The molecule has 0 saturated heterocycles. The van der Waals surface area contributed by atoms with E-state index in [0.717, 1.165) is 59.6 Å². The van der Waals surface area contributed by atoms with E-state index in [9.17, 15) is 15.0 Å².